The highest BCUT2D eigenvalue weighted by molar-refractivity contribution is 9.12. The number of aryl methyl sites for hydroxylation is 1. The van der Waals surface area contributed by atoms with Gasteiger partial charge in [0.1, 0.15) is 5.01 Å². The Morgan fingerprint density at radius 2 is 1.63 bits per heavy atom. The van der Waals surface area contributed by atoms with Crippen LogP contribution in [0.25, 0.3) is 0 Å². The SMILES string of the molecule is Cc1nnc(N2C(=O)[C@@H]3C[C@H](Br)[C@@H](Br)C[C@H]3C2=O)s1. The van der Waals surface area contributed by atoms with Gasteiger partial charge in [-0.15, -0.1) is 10.2 Å². The zero-order valence-corrected chi connectivity index (χ0v) is 14.0. The highest BCUT2D eigenvalue weighted by Gasteiger charge is 2.53. The first kappa shape index (κ1) is 13.6. The number of halogens is 2. The molecule has 1 aromatic rings. The highest BCUT2D eigenvalue weighted by atomic mass is 79.9. The Labute approximate surface area is 131 Å². The quantitative estimate of drug-likeness (QED) is 0.528. The van der Waals surface area contributed by atoms with Crippen molar-refractivity contribution in [3.8, 4) is 0 Å². The molecule has 19 heavy (non-hydrogen) atoms. The molecule has 2 aliphatic rings. The Balaban J connectivity index is 1.93. The number of amides is 2. The van der Waals surface area contributed by atoms with Crippen LogP contribution in [0.2, 0.25) is 0 Å². The number of rotatable bonds is 1. The first-order valence-corrected chi connectivity index (χ1v) is 8.60. The van der Waals surface area contributed by atoms with Crippen LogP contribution in [0.15, 0.2) is 0 Å². The Bertz CT molecular complexity index is 522. The molecule has 5 nitrogen and oxygen atoms in total. The lowest BCUT2D eigenvalue weighted by Gasteiger charge is -2.29. The van der Waals surface area contributed by atoms with E-state index >= 15 is 0 Å². The van der Waals surface area contributed by atoms with E-state index in [0.29, 0.717) is 18.0 Å². The van der Waals surface area contributed by atoms with Gasteiger partial charge in [0.05, 0.1) is 11.8 Å². The van der Waals surface area contributed by atoms with Gasteiger partial charge >= 0.3 is 0 Å². The second-order valence-corrected chi connectivity index (χ2v) is 8.34. The topological polar surface area (TPSA) is 63.2 Å². The minimum atomic E-state index is -0.227. The van der Waals surface area contributed by atoms with Gasteiger partial charge in [0.15, 0.2) is 0 Å². The van der Waals surface area contributed by atoms with Crippen molar-refractivity contribution in [2.75, 3.05) is 4.90 Å². The number of nitrogens with zero attached hydrogens (tertiary/aromatic N) is 3. The number of fused-ring (bicyclic) bond motifs is 1. The van der Waals surface area contributed by atoms with E-state index in [1.165, 1.54) is 16.2 Å². The molecule has 1 aromatic heterocycles. The lowest BCUT2D eigenvalue weighted by molar-refractivity contribution is -0.122. The van der Waals surface area contributed by atoms with Crippen molar-refractivity contribution in [2.24, 2.45) is 11.8 Å². The Kier molecular flexibility index (Phi) is 3.51. The molecular formula is C11H11Br2N3O2S. The predicted octanol–water partition coefficient (Wildman–Crippen LogP) is 2.27. The second-order valence-electron chi connectivity index (χ2n) is 4.83. The van der Waals surface area contributed by atoms with Crippen molar-refractivity contribution >= 4 is 60.1 Å². The lowest BCUT2D eigenvalue weighted by atomic mass is 9.81. The predicted molar refractivity (Wildman–Crippen MR) is 78.8 cm³/mol. The highest BCUT2D eigenvalue weighted by Crippen LogP contribution is 2.44. The van der Waals surface area contributed by atoms with Crippen molar-refractivity contribution in [1.82, 2.24) is 10.2 Å². The minimum absolute atomic E-state index is 0.130. The third-order valence-electron chi connectivity index (χ3n) is 3.62. The summed E-state index contributed by atoms with van der Waals surface area (Å²) in [5, 5.41) is 8.96. The van der Waals surface area contributed by atoms with Crippen molar-refractivity contribution in [2.45, 2.75) is 29.4 Å². The summed E-state index contributed by atoms with van der Waals surface area (Å²) in [6, 6.07) is 0. The van der Waals surface area contributed by atoms with E-state index in [1.54, 1.807) is 0 Å². The van der Waals surface area contributed by atoms with Crippen LogP contribution in [0.4, 0.5) is 5.13 Å². The molecule has 2 amide bonds. The smallest absolute Gasteiger partial charge is 0.239 e. The molecule has 102 valence electrons. The van der Waals surface area contributed by atoms with Crippen LogP contribution in [-0.4, -0.2) is 31.7 Å². The average molecular weight is 409 g/mol. The van der Waals surface area contributed by atoms with Gasteiger partial charge in [-0.1, -0.05) is 43.2 Å². The number of hydrogen-bond acceptors (Lipinski definition) is 5. The van der Waals surface area contributed by atoms with Crippen LogP contribution in [0.5, 0.6) is 0 Å². The summed E-state index contributed by atoms with van der Waals surface area (Å²) in [6.45, 7) is 1.81. The van der Waals surface area contributed by atoms with Gasteiger partial charge in [-0.05, 0) is 19.8 Å². The van der Waals surface area contributed by atoms with Crippen LogP contribution < -0.4 is 4.90 Å². The van der Waals surface area contributed by atoms with E-state index in [0.717, 1.165) is 5.01 Å². The lowest BCUT2D eigenvalue weighted by Crippen LogP contribution is -2.34. The molecule has 1 saturated heterocycles. The molecule has 0 aromatic carbocycles. The zero-order chi connectivity index (χ0) is 13.7. The van der Waals surface area contributed by atoms with Crippen LogP contribution in [0, 0.1) is 18.8 Å². The summed E-state index contributed by atoms with van der Waals surface area (Å²) >= 11 is 8.41. The maximum absolute atomic E-state index is 12.4. The van der Waals surface area contributed by atoms with E-state index in [1.807, 2.05) is 6.92 Å². The largest absolute Gasteiger partial charge is 0.274 e. The molecule has 0 radical (unpaired) electrons. The molecule has 2 fully saturated rings. The summed E-state index contributed by atoms with van der Waals surface area (Å²) < 4.78 is 0. The summed E-state index contributed by atoms with van der Waals surface area (Å²) in [6.07, 6.45) is 1.36. The van der Waals surface area contributed by atoms with E-state index < -0.39 is 0 Å². The fraction of sp³-hybridized carbons (Fsp3) is 0.636. The number of carbonyl (C=O) groups excluding carboxylic acids is 2. The van der Waals surface area contributed by atoms with Crippen molar-refractivity contribution in [3.63, 3.8) is 0 Å². The fourth-order valence-corrected chi connectivity index (χ4v) is 4.60. The van der Waals surface area contributed by atoms with Crippen LogP contribution >= 0.6 is 43.2 Å². The summed E-state index contributed by atoms with van der Waals surface area (Å²) in [7, 11) is 0. The molecule has 1 saturated carbocycles. The third kappa shape index (κ3) is 2.17. The fourth-order valence-electron chi connectivity index (χ4n) is 2.66. The standard InChI is InChI=1S/C11H11Br2N3O2S/c1-4-14-15-11(19-4)16-9(17)5-2-7(12)8(13)3-6(5)10(16)18/h5-8H,2-3H2,1H3/t5-,6-,7+,8+/m1/s1. The number of carbonyl (C=O) groups is 2. The van der Waals surface area contributed by atoms with Gasteiger partial charge in [-0.25, -0.2) is 4.90 Å². The number of hydrogen-bond donors (Lipinski definition) is 0. The molecule has 3 rings (SSSR count). The van der Waals surface area contributed by atoms with Gasteiger partial charge in [0, 0.05) is 9.65 Å². The maximum atomic E-state index is 12.4. The van der Waals surface area contributed by atoms with Gasteiger partial charge in [-0.3, -0.25) is 9.59 Å². The number of imide groups is 1. The molecule has 2 heterocycles. The molecule has 1 aliphatic carbocycles. The van der Waals surface area contributed by atoms with E-state index in [9.17, 15) is 9.59 Å². The Morgan fingerprint density at radius 1 is 1.11 bits per heavy atom. The molecule has 0 spiro atoms. The molecule has 1 aliphatic heterocycles. The van der Waals surface area contributed by atoms with E-state index in [2.05, 4.69) is 42.1 Å². The van der Waals surface area contributed by atoms with Crippen molar-refractivity contribution < 1.29 is 9.59 Å². The van der Waals surface area contributed by atoms with Crippen molar-refractivity contribution in [1.29, 1.82) is 0 Å². The first-order chi connectivity index (χ1) is 8.99. The molecule has 0 bridgehead atoms. The van der Waals surface area contributed by atoms with Crippen LogP contribution in [0.1, 0.15) is 17.8 Å². The number of aromatic nitrogens is 2. The maximum Gasteiger partial charge on any atom is 0.239 e. The first-order valence-electron chi connectivity index (χ1n) is 5.95. The van der Waals surface area contributed by atoms with Gasteiger partial charge in [-0.2, -0.15) is 0 Å². The Hall–Kier alpha value is -0.340. The number of anilines is 1. The van der Waals surface area contributed by atoms with Crippen LogP contribution in [0.3, 0.4) is 0 Å². The van der Waals surface area contributed by atoms with E-state index in [4.69, 9.17) is 0 Å². The Morgan fingerprint density at radius 3 is 2.05 bits per heavy atom. The molecule has 8 heteroatoms. The zero-order valence-electron chi connectivity index (χ0n) is 10.0. The molecule has 4 atom stereocenters. The summed E-state index contributed by atoms with van der Waals surface area (Å²) in [4.78, 5) is 26.5. The number of alkyl halides is 2. The molecule has 0 unspecified atom stereocenters. The molecular weight excluding hydrogens is 398 g/mol. The van der Waals surface area contributed by atoms with Crippen molar-refractivity contribution in [3.05, 3.63) is 5.01 Å². The minimum Gasteiger partial charge on any atom is -0.274 e. The monoisotopic (exact) mass is 407 g/mol. The third-order valence-corrected chi connectivity index (χ3v) is 7.18. The molecule has 0 N–H and O–H groups in total. The summed E-state index contributed by atoms with van der Waals surface area (Å²) in [5.74, 6) is -0.713. The van der Waals surface area contributed by atoms with Crippen LogP contribution in [-0.2, 0) is 9.59 Å². The van der Waals surface area contributed by atoms with E-state index in [-0.39, 0.29) is 33.3 Å². The summed E-state index contributed by atoms with van der Waals surface area (Å²) in [5.41, 5.74) is 0. The normalized spacial score (nSPS) is 34.8. The van der Waals surface area contributed by atoms with Gasteiger partial charge < -0.3 is 0 Å². The average Bonchev–Trinajstić information content (AvgIpc) is 2.86. The van der Waals surface area contributed by atoms with Gasteiger partial charge in [0.2, 0.25) is 16.9 Å². The second kappa shape index (κ2) is 4.89. The van der Waals surface area contributed by atoms with Gasteiger partial charge in [0.25, 0.3) is 0 Å².